The molecule has 0 amide bonds. The van der Waals surface area contributed by atoms with E-state index >= 15 is 0 Å². The molecule has 1 aliphatic rings. The van der Waals surface area contributed by atoms with Crippen molar-refractivity contribution in [1.82, 2.24) is 21.4 Å². The van der Waals surface area contributed by atoms with E-state index in [0.29, 0.717) is 0 Å². The number of thiazole rings is 1. The number of nitrogens with one attached hydrogen (secondary N) is 3. The van der Waals surface area contributed by atoms with Crippen molar-refractivity contribution in [3.05, 3.63) is 40.4 Å². The van der Waals surface area contributed by atoms with Crippen LogP contribution in [0.1, 0.15) is 11.7 Å². The van der Waals surface area contributed by atoms with E-state index < -0.39 is 0 Å². The van der Waals surface area contributed by atoms with Crippen LogP contribution in [0.4, 0.5) is 0 Å². The minimum Gasteiger partial charge on any atom is -0.233 e. The smallest absolute Gasteiger partial charge is 0.154 e. The van der Waals surface area contributed by atoms with E-state index in [1.54, 1.807) is 23.1 Å². The maximum Gasteiger partial charge on any atom is 0.154 e. The molecule has 1 aromatic carbocycles. The number of nitriles is 1. The SMILES string of the molecule is N#CC1NNNC1c1csc(Sc2ccc(Cl)cc2)n1. The van der Waals surface area contributed by atoms with Crippen LogP contribution >= 0.6 is 34.7 Å². The Morgan fingerprint density at radius 2 is 2.10 bits per heavy atom. The minimum atomic E-state index is -0.328. The summed E-state index contributed by atoms with van der Waals surface area (Å²) in [6.07, 6.45) is 0. The van der Waals surface area contributed by atoms with E-state index in [-0.39, 0.29) is 12.1 Å². The summed E-state index contributed by atoms with van der Waals surface area (Å²) in [5.41, 5.74) is 9.45. The van der Waals surface area contributed by atoms with Crippen molar-refractivity contribution in [3.8, 4) is 6.07 Å². The largest absolute Gasteiger partial charge is 0.233 e. The van der Waals surface area contributed by atoms with Crippen LogP contribution < -0.4 is 16.4 Å². The first-order chi connectivity index (χ1) is 9.76. The molecule has 2 heterocycles. The molecular formula is C12H10ClN5S2. The summed E-state index contributed by atoms with van der Waals surface area (Å²) in [6.45, 7) is 0. The molecule has 3 rings (SSSR count). The normalized spacial score (nSPS) is 21.8. The van der Waals surface area contributed by atoms with Crippen LogP contribution in [0, 0.1) is 11.3 Å². The third kappa shape index (κ3) is 2.96. The van der Waals surface area contributed by atoms with Crippen molar-refractivity contribution in [2.24, 2.45) is 0 Å². The van der Waals surface area contributed by atoms with Gasteiger partial charge in [0.25, 0.3) is 0 Å². The average Bonchev–Trinajstić information content (AvgIpc) is 3.09. The Hall–Kier alpha value is -1.14. The van der Waals surface area contributed by atoms with Crippen LogP contribution in [0.5, 0.6) is 0 Å². The molecule has 0 bridgehead atoms. The molecule has 1 fully saturated rings. The molecule has 3 N–H and O–H groups in total. The molecule has 102 valence electrons. The molecule has 2 atom stereocenters. The fourth-order valence-electron chi connectivity index (χ4n) is 1.78. The fourth-order valence-corrected chi connectivity index (χ4v) is 3.73. The van der Waals surface area contributed by atoms with Crippen molar-refractivity contribution < 1.29 is 0 Å². The van der Waals surface area contributed by atoms with Crippen LogP contribution in [-0.2, 0) is 0 Å². The maximum absolute atomic E-state index is 9.03. The second-order valence-corrected chi connectivity index (χ2v) is 6.71. The zero-order chi connectivity index (χ0) is 13.9. The lowest BCUT2D eigenvalue weighted by Crippen LogP contribution is -2.32. The molecule has 2 aromatic rings. The van der Waals surface area contributed by atoms with Gasteiger partial charge >= 0.3 is 0 Å². The quantitative estimate of drug-likeness (QED) is 0.806. The number of hydrogen-bond donors (Lipinski definition) is 3. The summed E-state index contributed by atoms with van der Waals surface area (Å²) in [5.74, 6) is 0. The van der Waals surface area contributed by atoms with E-state index in [4.69, 9.17) is 16.9 Å². The van der Waals surface area contributed by atoms with Gasteiger partial charge in [-0.25, -0.2) is 15.8 Å². The van der Waals surface area contributed by atoms with Gasteiger partial charge < -0.3 is 0 Å². The van der Waals surface area contributed by atoms with Gasteiger partial charge in [0.05, 0.1) is 17.8 Å². The summed E-state index contributed by atoms with van der Waals surface area (Å²) in [5, 5.41) is 11.7. The number of benzene rings is 1. The zero-order valence-corrected chi connectivity index (χ0v) is 12.5. The van der Waals surface area contributed by atoms with E-state index in [2.05, 4.69) is 27.4 Å². The van der Waals surface area contributed by atoms with Crippen molar-refractivity contribution in [2.45, 2.75) is 21.3 Å². The van der Waals surface area contributed by atoms with Crippen molar-refractivity contribution >= 4 is 34.7 Å². The third-order valence-corrected chi connectivity index (χ3v) is 4.98. The van der Waals surface area contributed by atoms with E-state index in [1.165, 1.54) is 0 Å². The number of hydrogen-bond acceptors (Lipinski definition) is 7. The monoisotopic (exact) mass is 323 g/mol. The van der Waals surface area contributed by atoms with Crippen molar-refractivity contribution in [3.63, 3.8) is 0 Å². The Kier molecular flexibility index (Phi) is 4.21. The Labute approximate surface area is 129 Å². The first kappa shape index (κ1) is 13.8. The minimum absolute atomic E-state index is 0.143. The lowest BCUT2D eigenvalue weighted by Gasteiger charge is -2.07. The first-order valence-electron chi connectivity index (χ1n) is 5.81. The molecule has 1 saturated heterocycles. The highest BCUT2D eigenvalue weighted by Crippen LogP contribution is 2.33. The third-order valence-electron chi connectivity index (χ3n) is 2.77. The second kappa shape index (κ2) is 6.10. The number of halogens is 1. The van der Waals surface area contributed by atoms with Gasteiger partial charge in [0.1, 0.15) is 6.04 Å². The molecule has 0 radical (unpaired) electrons. The number of hydrazine groups is 2. The predicted molar refractivity (Wildman–Crippen MR) is 79.2 cm³/mol. The Morgan fingerprint density at radius 1 is 1.30 bits per heavy atom. The lowest BCUT2D eigenvalue weighted by atomic mass is 10.1. The summed E-state index contributed by atoms with van der Waals surface area (Å²) in [6, 6.07) is 9.35. The van der Waals surface area contributed by atoms with Crippen molar-refractivity contribution in [1.29, 1.82) is 5.26 Å². The fraction of sp³-hybridized carbons (Fsp3) is 0.167. The molecular weight excluding hydrogens is 314 g/mol. The predicted octanol–water partition coefficient (Wildman–Crippen LogP) is 2.49. The van der Waals surface area contributed by atoms with Gasteiger partial charge in [0.2, 0.25) is 0 Å². The standard InChI is InChI=1S/C12H10ClN5S2/c13-7-1-3-8(4-2-7)20-12-15-10(6-19-12)11-9(5-14)16-18-17-11/h1-4,6,9,11,16-18H. The molecule has 0 spiro atoms. The maximum atomic E-state index is 9.03. The molecule has 2 unspecified atom stereocenters. The van der Waals surface area contributed by atoms with Gasteiger partial charge in [-0.05, 0) is 24.3 Å². The van der Waals surface area contributed by atoms with Crippen LogP contribution in [0.3, 0.4) is 0 Å². The highest BCUT2D eigenvalue weighted by Gasteiger charge is 2.29. The van der Waals surface area contributed by atoms with Gasteiger partial charge in [-0.3, -0.25) is 0 Å². The molecule has 8 heteroatoms. The summed E-state index contributed by atoms with van der Waals surface area (Å²) in [7, 11) is 0. The molecule has 0 aliphatic carbocycles. The summed E-state index contributed by atoms with van der Waals surface area (Å²) >= 11 is 9.01. The lowest BCUT2D eigenvalue weighted by molar-refractivity contribution is 0.549. The van der Waals surface area contributed by atoms with Crippen LogP contribution in [0.25, 0.3) is 0 Å². The number of nitrogens with zero attached hydrogens (tertiary/aromatic N) is 2. The Morgan fingerprint density at radius 3 is 2.85 bits per heavy atom. The van der Waals surface area contributed by atoms with Crippen LogP contribution in [-0.4, -0.2) is 11.0 Å². The molecule has 0 saturated carbocycles. The second-order valence-electron chi connectivity index (χ2n) is 4.09. The zero-order valence-electron chi connectivity index (χ0n) is 10.1. The Bertz CT molecular complexity index is 636. The van der Waals surface area contributed by atoms with E-state index in [9.17, 15) is 0 Å². The van der Waals surface area contributed by atoms with Crippen LogP contribution in [0.15, 0.2) is 38.9 Å². The number of rotatable bonds is 3. The topological polar surface area (TPSA) is 72.8 Å². The summed E-state index contributed by atoms with van der Waals surface area (Å²) < 4.78 is 0.938. The van der Waals surface area contributed by atoms with Crippen LogP contribution in [0.2, 0.25) is 5.02 Å². The van der Waals surface area contributed by atoms with Gasteiger partial charge in [-0.1, -0.05) is 23.4 Å². The molecule has 20 heavy (non-hydrogen) atoms. The van der Waals surface area contributed by atoms with Gasteiger partial charge in [0.15, 0.2) is 4.34 Å². The van der Waals surface area contributed by atoms with Gasteiger partial charge in [-0.15, -0.1) is 11.3 Å². The molecule has 1 aliphatic heterocycles. The van der Waals surface area contributed by atoms with Gasteiger partial charge in [-0.2, -0.15) is 10.8 Å². The van der Waals surface area contributed by atoms with Crippen molar-refractivity contribution in [2.75, 3.05) is 0 Å². The average molecular weight is 324 g/mol. The highest BCUT2D eigenvalue weighted by atomic mass is 35.5. The first-order valence-corrected chi connectivity index (χ1v) is 7.88. The van der Waals surface area contributed by atoms with Gasteiger partial charge in [0, 0.05) is 15.3 Å². The molecule has 1 aromatic heterocycles. The summed E-state index contributed by atoms with van der Waals surface area (Å²) in [4.78, 5) is 5.65. The van der Waals surface area contributed by atoms with E-state index in [0.717, 1.165) is 20.0 Å². The number of aromatic nitrogens is 1. The van der Waals surface area contributed by atoms with E-state index in [1.807, 2.05) is 29.6 Å². The Balaban J connectivity index is 1.74. The highest BCUT2D eigenvalue weighted by molar-refractivity contribution is 8.01. The molecule has 5 nitrogen and oxygen atoms in total.